The van der Waals surface area contributed by atoms with E-state index < -0.39 is 5.97 Å². The fourth-order valence-electron chi connectivity index (χ4n) is 8.30. The maximum atomic E-state index is 13.7. The molecule has 1 saturated carbocycles. The number of fused-ring (bicyclic) bond motifs is 1. The molecule has 0 N–H and O–H groups in total. The van der Waals surface area contributed by atoms with Crippen LogP contribution in [-0.2, 0) is 4.74 Å². The van der Waals surface area contributed by atoms with Crippen LogP contribution in [0.4, 0.5) is 11.5 Å². The van der Waals surface area contributed by atoms with Crippen molar-refractivity contribution in [1.82, 2.24) is 24.5 Å². The first-order valence-corrected chi connectivity index (χ1v) is 16.0. The first-order valence-electron chi connectivity index (χ1n) is 16.0. The second kappa shape index (κ2) is 10.3. The van der Waals surface area contributed by atoms with E-state index in [1.165, 1.54) is 31.1 Å². The van der Waals surface area contributed by atoms with Gasteiger partial charge < -0.3 is 19.4 Å². The molecule has 1 aromatic carbocycles. The van der Waals surface area contributed by atoms with Crippen molar-refractivity contribution in [3.63, 3.8) is 0 Å². The van der Waals surface area contributed by atoms with Gasteiger partial charge in [-0.05, 0) is 74.8 Å². The second-order valence-corrected chi connectivity index (χ2v) is 13.8. The van der Waals surface area contributed by atoms with Gasteiger partial charge in [0.25, 0.3) is 5.91 Å². The number of carbonyl (C=O) groups excluding carboxylic acids is 2. The summed E-state index contributed by atoms with van der Waals surface area (Å²) in [5.74, 6) is 1.10. The molecule has 0 bridgehead atoms. The average molecular weight is 606 g/mol. The zero-order chi connectivity index (χ0) is 30.9. The molecule has 10 heteroatoms. The minimum absolute atomic E-state index is 0.00779. The summed E-state index contributed by atoms with van der Waals surface area (Å²) in [7, 11) is 1.36. The molecular formula is C35H39N7O3. The molecule has 4 fully saturated rings. The Morgan fingerprint density at radius 3 is 2.51 bits per heavy atom. The van der Waals surface area contributed by atoms with Crippen molar-refractivity contribution in [2.24, 2.45) is 10.8 Å². The van der Waals surface area contributed by atoms with E-state index in [0.29, 0.717) is 30.1 Å². The van der Waals surface area contributed by atoms with E-state index in [1.807, 2.05) is 23.2 Å². The Balaban J connectivity index is 0.944. The largest absolute Gasteiger partial charge is 0.464 e. The number of pyridine rings is 2. The first-order chi connectivity index (χ1) is 21.7. The Labute approximate surface area is 263 Å². The lowest BCUT2D eigenvalue weighted by Gasteiger charge is -2.61. The molecule has 45 heavy (non-hydrogen) atoms. The molecule has 1 unspecified atom stereocenters. The van der Waals surface area contributed by atoms with E-state index >= 15 is 0 Å². The highest BCUT2D eigenvalue weighted by Crippen LogP contribution is 2.58. The predicted octanol–water partition coefficient (Wildman–Crippen LogP) is 4.65. The average Bonchev–Trinajstić information content (AvgIpc) is 3.74. The van der Waals surface area contributed by atoms with Gasteiger partial charge in [0, 0.05) is 50.1 Å². The number of anilines is 2. The molecule has 0 radical (unpaired) electrons. The third kappa shape index (κ3) is 4.64. The van der Waals surface area contributed by atoms with Crippen molar-refractivity contribution >= 4 is 29.0 Å². The molecule has 3 aliphatic heterocycles. The van der Waals surface area contributed by atoms with Crippen molar-refractivity contribution < 1.29 is 14.3 Å². The number of amides is 1. The standard InChI is InChI=1S/C35H39N7O3/c1-23-6-4-7-25(16-23)27-10-11-35(27)21-41(22-35)26-17-24(2)31-37-30(38-42(31)18-26)32(43)40-15-13-34(20-40)12-14-39(19-34)29-9-5-8-28(36-29)33(44)45-3/h4-9,16-18,27H,10-15,19-22H2,1-3H3/t27?,34-/m1/s1. The molecular weight excluding hydrogens is 566 g/mol. The molecule has 2 atom stereocenters. The van der Waals surface area contributed by atoms with Crippen LogP contribution in [0.2, 0.25) is 0 Å². The zero-order valence-electron chi connectivity index (χ0n) is 26.2. The van der Waals surface area contributed by atoms with Gasteiger partial charge in [-0.15, -0.1) is 5.10 Å². The lowest BCUT2D eigenvalue weighted by Crippen LogP contribution is -2.63. The van der Waals surface area contributed by atoms with Crippen LogP contribution in [0.1, 0.15) is 69.4 Å². The predicted molar refractivity (Wildman–Crippen MR) is 171 cm³/mol. The Bertz CT molecular complexity index is 1830. The van der Waals surface area contributed by atoms with Crippen molar-refractivity contribution in [1.29, 1.82) is 0 Å². The highest BCUT2D eigenvalue weighted by atomic mass is 16.5. The highest BCUT2D eigenvalue weighted by molar-refractivity contribution is 5.91. The number of methoxy groups -OCH3 is 1. The van der Waals surface area contributed by atoms with E-state index in [1.54, 1.807) is 10.6 Å². The minimum Gasteiger partial charge on any atom is -0.464 e. The van der Waals surface area contributed by atoms with Gasteiger partial charge in [-0.1, -0.05) is 35.9 Å². The van der Waals surface area contributed by atoms with Crippen molar-refractivity contribution in [3.8, 4) is 0 Å². The summed E-state index contributed by atoms with van der Waals surface area (Å²) in [6, 6.07) is 16.6. The van der Waals surface area contributed by atoms with Crippen LogP contribution in [0.5, 0.6) is 0 Å². The molecule has 8 rings (SSSR count). The monoisotopic (exact) mass is 605 g/mol. The Kier molecular flexibility index (Phi) is 6.41. The minimum atomic E-state index is -0.440. The van der Waals surface area contributed by atoms with Gasteiger partial charge in [0.15, 0.2) is 11.3 Å². The van der Waals surface area contributed by atoms with Crippen LogP contribution in [0.3, 0.4) is 0 Å². The van der Waals surface area contributed by atoms with Gasteiger partial charge >= 0.3 is 5.97 Å². The van der Waals surface area contributed by atoms with Crippen LogP contribution in [0, 0.1) is 24.7 Å². The normalized spacial score (nSPS) is 23.5. The number of aromatic nitrogens is 4. The lowest BCUT2D eigenvalue weighted by atomic mass is 9.53. The maximum Gasteiger partial charge on any atom is 0.356 e. The molecule has 2 spiro atoms. The number of hydrogen-bond acceptors (Lipinski definition) is 8. The maximum absolute atomic E-state index is 13.7. The Morgan fingerprint density at radius 1 is 0.911 bits per heavy atom. The van der Waals surface area contributed by atoms with Gasteiger partial charge in [0.2, 0.25) is 5.82 Å². The van der Waals surface area contributed by atoms with Gasteiger partial charge in [-0.2, -0.15) is 0 Å². The number of ether oxygens (including phenoxy) is 1. The number of rotatable bonds is 5. The van der Waals surface area contributed by atoms with Gasteiger partial charge in [0.1, 0.15) is 5.82 Å². The Morgan fingerprint density at radius 2 is 1.73 bits per heavy atom. The SMILES string of the molecule is COC(=O)c1cccc(N2CC[C@@]3(CCN(C(=O)c4nc5c(C)cc(N6CC7(CCC7c7cccc(C)c7)C6)cn5n4)C3)C2)n1. The number of aryl methyl sites for hydroxylation is 2. The number of nitrogens with zero attached hydrogens (tertiary/aromatic N) is 7. The van der Waals surface area contributed by atoms with E-state index in [4.69, 9.17) is 14.8 Å². The van der Waals surface area contributed by atoms with Crippen molar-refractivity contribution in [2.75, 3.05) is 56.2 Å². The first kappa shape index (κ1) is 28.0. The third-order valence-electron chi connectivity index (χ3n) is 10.9. The molecule has 232 valence electrons. The summed E-state index contributed by atoms with van der Waals surface area (Å²) < 4.78 is 6.64. The van der Waals surface area contributed by atoms with Gasteiger partial charge in [-0.3, -0.25) is 4.79 Å². The molecule has 3 aromatic heterocycles. The van der Waals surface area contributed by atoms with Crippen molar-refractivity contribution in [3.05, 3.63) is 82.9 Å². The molecule has 1 aliphatic carbocycles. The number of likely N-dealkylation sites (tertiary alicyclic amines) is 1. The van der Waals surface area contributed by atoms with Gasteiger partial charge in [0.05, 0.1) is 19.0 Å². The number of esters is 1. The molecule has 3 saturated heterocycles. The molecule has 6 heterocycles. The van der Waals surface area contributed by atoms with E-state index in [0.717, 1.165) is 61.7 Å². The number of hydrogen-bond donors (Lipinski definition) is 0. The van der Waals surface area contributed by atoms with Crippen LogP contribution in [-0.4, -0.2) is 82.7 Å². The fourth-order valence-corrected chi connectivity index (χ4v) is 8.30. The van der Waals surface area contributed by atoms with Crippen molar-refractivity contribution in [2.45, 2.75) is 45.4 Å². The number of carbonyl (C=O) groups is 2. The van der Waals surface area contributed by atoms with Crippen LogP contribution < -0.4 is 9.80 Å². The molecule has 1 amide bonds. The second-order valence-electron chi connectivity index (χ2n) is 13.8. The summed E-state index contributed by atoms with van der Waals surface area (Å²) in [6.07, 6.45) is 6.46. The summed E-state index contributed by atoms with van der Waals surface area (Å²) in [5, 5.41) is 4.70. The molecule has 4 aliphatic rings. The van der Waals surface area contributed by atoms with E-state index in [2.05, 4.69) is 59.0 Å². The summed E-state index contributed by atoms with van der Waals surface area (Å²) in [4.78, 5) is 41.5. The van der Waals surface area contributed by atoms with Crippen LogP contribution in [0.25, 0.3) is 5.65 Å². The van der Waals surface area contributed by atoms with Gasteiger partial charge in [-0.25, -0.2) is 19.3 Å². The van der Waals surface area contributed by atoms with Crippen LogP contribution >= 0.6 is 0 Å². The number of benzene rings is 1. The quantitative estimate of drug-likeness (QED) is 0.304. The summed E-state index contributed by atoms with van der Waals surface area (Å²) in [5.41, 5.74) is 6.36. The topological polar surface area (TPSA) is 96.2 Å². The molecule has 10 nitrogen and oxygen atoms in total. The third-order valence-corrected chi connectivity index (χ3v) is 10.9. The van der Waals surface area contributed by atoms with Crippen LogP contribution in [0.15, 0.2) is 54.7 Å². The zero-order valence-corrected chi connectivity index (χ0v) is 26.2. The highest BCUT2D eigenvalue weighted by Gasteiger charge is 2.55. The van der Waals surface area contributed by atoms with E-state index in [-0.39, 0.29) is 17.1 Å². The van der Waals surface area contributed by atoms with E-state index in [9.17, 15) is 9.59 Å². The smallest absolute Gasteiger partial charge is 0.356 e. The molecule has 4 aromatic rings. The Hall–Kier alpha value is -4.47. The summed E-state index contributed by atoms with van der Waals surface area (Å²) >= 11 is 0. The summed E-state index contributed by atoms with van der Waals surface area (Å²) in [6.45, 7) is 9.29. The lowest BCUT2D eigenvalue weighted by molar-refractivity contribution is 0.0519. The fraction of sp³-hybridized carbons (Fsp3) is 0.457.